The second-order valence-electron chi connectivity index (χ2n) is 5.25. The quantitative estimate of drug-likeness (QED) is 0.396. The Labute approximate surface area is 161 Å². The first-order valence-corrected chi connectivity index (χ1v) is 7.90. The number of halogens is 1. The molecule has 1 aromatic carbocycles. The largest absolute Gasteiger partial charge is 0.373 e. The third-order valence-electron chi connectivity index (χ3n) is 3.56. The molecule has 2 N–H and O–H groups in total. The van der Waals surface area contributed by atoms with Crippen molar-refractivity contribution in [3.8, 4) is 0 Å². The summed E-state index contributed by atoms with van der Waals surface area (Å²) in [5.41, 5.74) is 2.30. The fourth-order valence-electron chi connectivity index (χ4n) is 2.23. The Morgan fingerprint density at radius 2 is 1.75 bits per heavy atom. The van der Waals surface area contributed by atoms with Crippen LogP contribution in [0.4, 0.5) is 5.69 Å². The standard InChI is InChI=1S/C18H25N5.HI/c1-19-18(21-13-11-16-8-6-7-12-20-16)22-14-15-23(2)17-9-4-3-5-10-17;/h3-10,12H,11,13-15H2,1-2H3,(H2,19,21,22);1H. The lowest BCUT2D eigenvalue weighted by molar-refractivity contribution is 0.765. The van der Waals surface area contributed by atoms with Gasteiger partial charge >= 0.3 is 0 Å². The van der Waals surface area contributed by atoms with Crippen LogP contribution in [0.25, 0.3) is 0 Å². The SMILES string of the molecule is CN=C(NCCc1ccccn1)NCCN(C)c1ccccc1.I. The van der Waals surface area contributed by atoms with E-state index in [9.17, 15) is 0 Å². The van der Waals surface area contributed by atoms with Gasteiger partial charge in [0.15, 0.2) is 5.96 Å². The summed E-state index contributed by atoms with van der Waals surface area (Å²) in [5, 5.41) is 6.64. The van der Waals surface area contributed by atoms with Gasteiger partial charge in [-0.25, -0.2) is 0 Å². The lowest BCUT2D eigenvalue weighted by Crippen LogP contribution is -2.41. The fourth-order valence-corrected chi connectivity index (χ4v) is 2.23. The number of aromatic nitrogens is 1. The van der Waals surface area contributed by atoms with Gasteiger partial charge in [0.2, 0.25) is 0 Å². The molecule has 0 spiro atoms. The Kier molecular flexibility index (Phi) is 9.83. The molecule has 0 unspecified atom stereocenters. The number of para-hydroxylation sites is 1. The van der Waals surface area contributed by atoms with Gasteiger partial charge in [0.1, 0.15) is 0 Å². The summed E-state index contributed by atoms with van der Waals surface area (Å²) in [6.45, 7) is 2.55. The predicted molar refractivity (Wildman–Crippen MR) is 112 cm³/mol. The first-order chi connectivity index (χ1) is 11.3. The van der Waals surface area contributed by atoms with Crippen molar-refractivity contribution in [2.75, 3.05) is 38.6 Å². The minimum atomic E-state index is 0. The summed E-state index contributed by atoms with van der Waals surface area (Å²) in [6, 6.07) is 16.3. The van der Waals surface area contributed by atoms with E-state index in [2.05, 4.69) is 56.8 Å². The maximum atomic E-state index is 4.31. The number of hydrogen-bond donors (Lipinski definition) is 2. The molecule has 24 heavy (non-hydrogen) atoms. The first-order valence-electron chi connectivity index (χ1n) is 7.90. The highest BCUT2D eigenvalue weighted by molar-refractivity contribution is 14.0. The van der Waals surface area contributed by atoms with Crippen LogP contribution in [0.1, 0.15) is 5.69 Å². The van der Waals surface area contributed by atoms with Crippen LogP contribution in [0.2, 0.25) is 0 Å². The summed E-state index contributed by atoms with van der Waals surface area (Å²) < 4.78 is 0. The molecule has 0 atom stereocenters. The second-order valence-corrected chi connectivity index (χ2v) is 5.25. The molecule has 1 aromatic heterocycles. The average molecular weight is 439 g/mol. The van der Waals surface area contributed by atoms with Crippen LogP contribution >= 0.6 is 24.0 Å². The maximum absolute atomic E-state index is 4.31. The zero-order valence-electron chi connectivity index (χ0n) is 14.3. The Hall–Kier alpha value is -1.83. The van der Waals surface area contributed by atoms with E-state index in [1.165, 1.54) is 5.69 Å². The van der Waals surface area contributed by atoms with Gasteiger partial charge in [-0.3, -0.25) is 9.98 Å². The number of nitrogens with one attached hydrogen (secondary N) is 2. The summed E-state index contributed by atoms with van der Waals surface area (Å²) in [7, 11) is 3.88. The van der Waals surface area contributed by atoms with Crippen molar-refractivity contribution < 1.29 is 0 Å². The van der Waals surface area contributed by atoms with Crippen molar-refractivity contribution in [3.05, 3.63) is 60.4 Å². The predicted octanol–water partition coefficient (Wildman–Crippen LogP) is 2.54. The van der Waals surface area contributed by atoms with Crippen molar-refractivity contribution >= 4 is 35.6 Å². The van der Waals surface area contributed by atoms with Crippen molar-refractivity contribution in [3.63, 3.8) is 0 Å². The van der Waals surface area contributed by atoms with Crippen LogP contribution < -0.4 is 15.5 Å². The fraction of sp³-hybridized carbons (Fsp3) is 0.333. The van der Waals surface area contributed by atoms with E-state index >= 15 is 0 Å². The molecule has 0 aliphatic carbocycles. The molecule has 0 saturated heterocycles. The minimum absolute atomic E-state index is 0. The third-order valence-corrected chi connectivity index (χ3v) is 3.56. The molecule has 0 bridgehead atoms. The second kappa shape index (κ2) is 11.7. The van der Waals surface area contributed by atoms with Gasteiger partial charge in [-0.2, -0.15) is 0 Å². The number of pyridine rings is 1. The van der Waals surface area contributed by atoms with Crippen LogP contribution in [-0.4, -0.2) is 44.7 Å². The number of aliphatic imine (C=N–C) groups is 1. The number of likely N-dealkylation sites (N-methyl/N-ethyl adjacent to an activating group) is 1. The Morgan fingerprint density at radius 3 is 2.42 bits per heavy atom. The van der Waals surface area contributed by atoms with Crippen molar-refractivity contribution in [1.29, 1.82) is 0 Å². The van der Waals surface area contributed by atoms with Gasteiger partial charge < -0.3 is 15.5 Å². The average Bonchev–Trinajstić information content (AvgIpc) is 2.62. The van der Waals surface area contributed by atoms with E-state index in [0.29, 0.717) is 0 Å². The molecule has 0 fully saturated rings. The summed E-state index contributed by atoms with van der Waals surface area (Å²) >= 11 is 0. The van der Waals surface area contributed by atoms with Gasteiger partial charge in [-0.1, -0.05) is 24.3 Å². The molecule has 0 aliphatic rings. The normalized spacial score (nSPS) is 10.7. The molecule has 0 saturated carbocycles. The molecule has 130 valence electrons. The highest BCUT2D eigenvalue weighted by atomic mass is 127. The van der Waals surface area contributed by atoms with Crippen molar-refractivity contribution in [2.24, 2.45) is 4.99 Å². The molecular formula is C18H26IN5. The maximum Gasteiger partial charge on any atom is 0.191 e. The smallest absolute Gasteiger partial charge is 0.191 e. The van der Waals surface area contributed by atoms with E-state index in [-0.39, 0.29) is 24.0 Å². The number of anilines is 1. The molecule has 5 nitrogen and oxygen atoms in total. The monoisotopic (exact) mass is 439 g/mol. The van der Waals surface area contributed by atoms with Gasteiger partial charge in [0.25, 0.3) is 0 Å². The minimum Gasteiger partial charge on any atom is -0.373 e. The van der Waals surface area contributed by atoms with Gasteiger partial charge in [0, 0.05) is 57.7 Å². The zero-order chi connectivity index (χ0) is 16.3. The van der Waals surface area contributed by atoms with Gasteiger partial charge in [0.05, 0.1) is 0 Å². The van der Waals surface area contributed by atoms with Crippen LogP contribution in [0.15, 0.2) is 59.7 Å². The molecule has 2 rings (SSSR count). The van der Waals surface area contributed by atoms with Crippen LogP contribution in [0, 0.1) is 0 Å². The number of hydrogen-bond acceptors (Lipinski definition) is 3. The molecular weight excluding hydrogens is 413 g/mol. The van der Waals surface area contributed by atoms with Crippen LogP contribution in [0.3, 0.4) is 0 Å². The summed E-state index contributed by atoms with van der Waals surface area (Å²) in [4.78, 5) is 10.8. The topological polar surface area (TPSA) is 52.6 Å². The number of nitrogens with zero attached hydrogens (tertiary/aromatic N) is 3. The highest BCUT2D eigenvalue weighted by Crippen LogP contribution is 2.09. The molecule has 0 amide bonds. The zero-order valence-corrected chi connectivity index (χ0v) is 16.6. The number of benzene rings is 1. The van der Waals surface area contributed by atoms with E-state index in [0.717, 1.165) is 37.7 Å². The van der Waals surface area contributed by atoms with Gasteiger partial charge in [-0.15, -0.1) is 24.0 Å². The first kappa shape index (κ1) is 20.2. The van der Waals surface area contributed by atoms with E-state index < -0.39 is 0 Å². The molecule has 1 heterocycles. The van der Waals surface area contributed by atoms with E-state index in [1.54, 1.807) is 7.05 Å². The molecule has 0 radical (unpaired) electrons. The molecule has 2 aromatic rings. The third kappa shape index (κ3) is 7.16. The molecule has 6 heteroatoms. The van der Waals surface area contributed by atoms with Crippen molar-refractivity contribution in [2.45, 2.75) is 6.42 Å². The van der Waals surface area contributed by atoms with Crippen molar-refractivity contribution in [1.82, 2.24) is 15.6 Å². The van der Waals surface area contributed by atoms with Crippen LogP contribution in [-0.2, 0) is 6.42 Å². The Morgan fingerprint density at radius 1 is 1.04 bits per heavy atom. The van der Waals surface area contributed by atoms with Gasteiger partial charge in [-0.05, 0) is 24.3 Å². The van der Waals surface area contributed by atoms with Crippen LogP contribution in [0.5, 0.6) is 0 Å². The lowest BCUT2D eigenvalue weighted by atomic mass is 10.3. The van der Waals surface area contributed by atoms with E-state index in [4.69, 9.17) is 0 Å². The highest BCUT2D eigenvalue weighted by Gasteiger charge is 2.01. The lowest BCUT2D eigenvalue weighted by Gasteiger charge is -2.20. The molecule has 0 aliphatic heterocycles. The Balaban J connectivity index is 0.00000288. The number of rotatable bonds is 7. The number of guanidine groups is 1. The summed E-state index contributed by atoms with van der Waals surface area (Å²) in [6.07, 6.45) is 2.70. The van der Waals surface area contributed by atoms with E-state index in [1.807, 2.05) is 30.5 Å². The Bertz CT molecular complexity index is 589. The summed E-state index contributed by atoms with van der Waals surface area (Å²) in [5.74, 6) is 0.822.